The van der Waals surface area contributed by atoms with Gasteiger partial charge in [-0.2, -0.15) is 0 Å². The summed E-state index contributed by atoms with van der Waals surface area (Å²) in [5, 5.41) is 2.79. The van der Waals surface area contributed by atoms with E-state index in [1.807, 2.05) is 32.0 Å². The second-order valence-corrected chi connectivity index (χ2v) is 4.87. The van der Waals surface area contributed by atoms with Crippen molar-refractivity contribution >= 4 is 11.6 Å². The fourth-order valence-electron chi connectivity index (χ4n) is 2.02. The fraction of sp³-hybridized carbons (Fsp3) is 0.125. The minimum Gasteiger partial charge on any atom is -0.444 e. The van der Waals surface area contributed by atoms with Gasteiger partial charge in [-0.25, -0.2) is 9.97 Å². The predicted molar refractivity (Wildman–Crippen MR) is 81.4 cm³/mol. The number of nitrogens with zero attached hydrogens (tertiary/aromatic N) is 3. The normalized spacial score (nSPS) is 10.5. The van der Waals surface area contributed by atoms with Gasteiger partial charge in [0.1, 0.15) is 12.0 Å². The summed E-state index contributed by atoms with van der Waals surface area (Å²) >= 11 is 0. The molecule has 6 nitrogen and oxygen atoms in total. The highest BCUT2D eigenvalue weighted by molar-refractivity contribution is 6.02. The van der Waals surface area contributed by atoms with Gasteiger partial charge in [0.05, 0.1) is 11.9 Å². The van der Waals surface area contributed by atoms with Crippen LogP contribution in [0.2, 0.25) is 0 Å². The minimum absolute atomic E-state index is 0.261. The van der Waals surface area contributed by atoms with Gasteiger partial charge in [0.2, 0.25) is 5.89 Å². The summed E-state index contributed by atoms with van der Waals surface area (Å²) in [7, 11) is 0. The van der Waals surface area contributed by atoms with Crippen LogP contribution in [0.15, 0.2) is 47.5 Å². The largest absolute Gasteiger partial charge is 0.444 e. The first kappa shape index (κ1) is 13.9. The molecule has 1 aromatic carbocycles. The Labute approximate surface area is 127 Å². The number of carbonyl (C=O) groups is 1. The molecule has 1 amide bonds. The predicted octanol–water partition coefficient (Wildman–Crippen LogP) is 3.00. The van der Waals surface area contributed by atoms with E-state index in [2.05, 4.69) is 20.3 Å². The van der Waals surface area contributed by atoms with Crippen molar-refractivity contribution in [3.8, 4) is 11.5 Å². The van der Waals surface area contributed by atoms with Crippen LogP contribution in [-0.4, -0.2) is 20.9 Å². The molecule has 0 bridgehead atoms. The summed E-state index contributed by atoms with van der Waals surface area (Å²) < 4.78 is 5.43. The number of hydrogen-bond donors (Lipinski definition) is 1. The molecule has 2 aromatic heterocycles. The molecule has 0 spiro atoms. The Morgan fingerprint density at radius 2 is 2.09 bits per heavy atom. The van der Waals surface area contributed by atoms with Gasteiger partial charge in [-0.3, -0.25) is 9.78 Å². The van der Waals surface area contributed by atoms with E-state index < -0.39 is 0 Å². The average Bonchev–Trinajstić information content (AvgIpc) is 2.96. The maximum Gasteiger partial charge on any atom is 0.275 e. The van der Waals surface area contributed by atoms with Gasteiger partial charge in [0.25, 0.3) is 5.91 Å². The van der Waals surface area contributed by atoms with Crippen molar-refractivity contribution in [2.75, 3.05) is 5.32 Å². The topological polar surface area (TPSA) is 80.9 Å². The molecule has 22 heavy (non-hydrogen) atoms. The standard InChI is InChI=1S/C16H14N4O2/c1-10-3-4-12(7-13(10)16-19-11(2)9-22-16)20-15(21)14-8-17-5-6-18-14/h3-9H,1-2H3,(H,20,21). The molecule has 0 fully saturated rings. The SMILES string of the molecule is Cc1coc(-c2cc(NC(=O)c3cnccn3)ccc2C)n1. The van der Waals surface area contributed by atoms with Gasteiger partial charge in [0, 0.05) is 23.6 Å². The van der Waals surface area contributed by atoms with Gasteiger partial charge >= 0.3 is 0 Å². The van der Waals surface area contributed by atoms with Crippen LogP contribution in [0, 0.1) is 13.8 Å². The number of rotatable bonds is 3. The molecular weight excluding hydrogens is 280 g/mol. The van der Waals surface area contributed by atoms with Crippen LogP contribution in [0.25, 0.3) is 11.5 Å². The number of oxazole rings is 1. The number of aromatic nitrogens is 3. The second-order valence-electron chi connectivity index (χ2n) is 4.87. The molecule has 0 saturated carbocycles. The highest BCUT2D eigenvalue weighted by Crippen LogP contribution is 2.26. The molecule has 2 heterocycles. The first-order chi connectivity index (χ1) is 10.6. The zero-order valence-corrected chi connectivity index (χ0v) is 12.2. The van der Waals surface area contributed by atoms with Gasteiger partial charge in [-0.05, 0) is 31.5 Å². The third kappa shape index (κ3) is 2.85. The molecule has 0 radical (unpaired) electrons. The number of aryl methyl sites for hydroxylation is 2. The van der Waals surface area contributed by atoms with Crippen molar-refractivity contribution in [1.82, 2.24) is 15.0 Å². The zero-order chi connectivity index (χ0) is 15.5. The fourth-order valence-corrected chi connectivity index (χ4v) is 2.02. The number of nitrogens with one attached hydrogen (secondary N) is 1. The van der Waals surface area contributed by atoms with Crippen molar-refractivity contribution in [1.29, 1.82) is 0 Å². The lowest BCUT2D eigenvalue weighted by atomic mass is 10.1. The first-order valence-corrected chi connectivity index (χ1v) is 6.74. The maximum absolute atomic E-state index is 12.1. The van der Waals surface area contributed by atoms with E-state index in [1.54, 1.807) is 6.26 Å². The molecule has 1 N–H and O–H groups in total. The highest BCUT2D eigenvalue weighted by Gasteiger charge is 2.12. The Hall–Kier alpha value is -3.02. The van der Waals surface area contributed by atoms with Gasteiger partial charge < -0.3 is 9.73 Å². The zero-order valence-electron chi connectivity index (χ0n) is 12.2. The Bertz CT molecular complexity index is 812. The molecule has 6 heteroatoms. The third-order valence-corrected chi connectivity index (χ3v) is 3.14. The van der Waals surface area contributed by atoms with Gasteiger partial charge in [-0.15, -0.1) is 0 Å². The second kappa shape index (κ2) is 5.77. The summed E-state index contributed by atoms with van der Waals surface area (Å²) in [6.45, 7) is 3.82. The Morgan fingerprint density at radius 1 is 1.23 bits per heavy atom. The molecule has 0 aliphatic rings. The van der Waals surface area contributed by atoms with E-state index in [9.17, 15) is 4.79 Å². The smallest absolute Gasteiger partial charge is 0.275 e. The van der Waals surface area contributed by atoms with Gasteiger partial charge in [0.15, 0.2) is 0 Å². The van der Waals surface area contributed by atoms with Crippen LogP contribution in [0.5, 0.6) is 0 Å². The van der Waals surface area contributed by atoms with Gasteiger partial charge in [-0.1, -0.05) is 6.07 Å². The van der Waals surface area contributed by atoms with Crippen molar-refractivity contribution in [3.05, 3.63) is 60.0 Å². The number of carbonyl (C=O) groups excluding carboxylic acids is 1. The van der Waals surface area contributed by atoms with Crippen LogP contribution in [-0.2, 0) is 0 Å². The Kier molecular flexibility index (Phi) is 3.65. The lowest BCUT2D eigenvalue weighted by Gasteiger charge is -2.07. The lowest BCUT2D eigenvalue weighted by molar-refractivity contribution is 0.102. The van der Waals surface area contributed by atoms with E-state index in [1.165, 1.54) is 18.6 Å². The highest BCUT2D eigenvalue weighted by atomic mass is 16.3. The van der Waals surface area contributed by atoms with E-state index in [0.717, 1.165) is 16.8 Å². The van der Waals surface area contributed by atoms with Crippen molar-refractivity contribution in [2.45, 2.75) is 13.8 Å². The lowest BCUT2D eigenvalue weighted by Crippen LogP contribution is -2.13. The van der Waals surface area contributed by atoms with E-state index in [4.69, 9.17) is 4.42 Å². The molecule has 0 aliphatic carbocycles. The third-order valence-electron chi connectivity index (χ3n) is 3.14. The van der Waals surface area contributed by atoms with Crippen LogP contribution < -0.4 is 5.32 Å². The van der Waals surface area contributed by atoms with Crippen molar-refractivity contribution in [3.63, 3.8) is 0 Å². The van der Waals surface area contributed by atoms with E-state index in [0.29, 0.717) is 11.6 Å². The molecule has 0 saturated heterocycles. The molecule has 0 unspecified atom stereocenters. The summed E-state index contributed by atoms with van der Waals surface area (Å²) in [6.07, 6.45) is 6.01. The monoisotopic (exact) mass is 294 g/mol. The molecule has 110 valence electrons. The maximum atomic E-state index is 12.1. The van der Waals surface area contributed by atoms with Crippen molar-refractivity contribution in [2.24, 2.45) is 0 Å². The van der Waals surface area contributed by atoms with Crippen LogP contribution in [0.1, 0.15) is 21.7 Å². The van der Waals surface area contributed by atoms with Crippen LogP contribution >= 0.6 is 0 Å². The molecule has 3 aromatic rings. The van der Waals surface area contributed by atoms with E-state index >= 15 is 0 Å². The first-order valence-electron chi connectivity index (χ1n) is 6.74. The average molecular weight is 294 g/mol. The molecular formula is C16H14N4O2. The summed E-state index contributed by atoms with van der Waals surface area (Å²) in [5.41, 5.74) is 3.57. The minimum atomic E-state index is -0.313. The molecule has 0 atom stereocenters. The summed E-state index contributed by atoms with van der Waals surface area (Å²) in [5.74, 6) is 0.220. The van der Waals surface area contributed by atoms with E-state index in [-0.39, 0.29) is 11.6 Å². The summed E-state index contributed by atoms with van der Waals surface area (Å²) in [6, 6.07) is 5.55. The van der Waals surface area contributed by atoms with Crippen LogP contribution in [0.4, 0.5) is 5.69 Å². The molecule has 3 rings (SSSR count). The van der Waals surface area contributed by atoms with Crippen molar-refractivity contribution < 1.29 is 9.21 Å². The summed E-state index contributed by atoms with van der Waals surface area (Å²) in [4.78, 5) is 24.3. The number of anilines is 1. The number of hydrogen-bond acceptors (Lipinski definition) is 5. The quantitative estimate of drug-likeness (QED) is 0.803. The number of benzene rings is 1. The Balaban J connectivity index is 1.88. The Morgan fingerprint density at radius 3 is 2.77 bits per heavy atom. The molecule has 0 aliphatic heterocycles. The number of amides is 1. The van der Waals surface area contributed by atoms with Crippen LogP contribution in [0.3, 0.4) is 0 Å².